The van der Waals surface area contributed by atoms with Gasteiger partial charge in [0.15, 0.2) is 0 Å². The Morgan fingerprint density at radius 1 is 1.23 bits per heavy atom. The number of nitrogens with one attached hydrogen (secondary N) is 2. The molecule has 1 atom stereocenters. The van der Waals surface area contributed by atoms with Crippen molar-refractivity contribution >= 4 is 24.7 Å². The molecule has 1 aromatic carbocycles. The van der Waals surface area contributed by atoms with Crippen LogP contribution < -0.4 is 10.7 Å². The van der Waals surface area contributed by atoms with Gasteiger partial charge in [-0.2, -0.15) is 5.10 Å². The molecule has 0 aliphatic carbocycles. The predicted octanol–water partition coefficient (Wildman–Crippen LogP) is 2.01. The van der Waals surface area contributed by atoms with E-state index >= 15 is 0 Å². The van der Waals surface area contributed by atoms with Crippen molar-refractivity contribution in [1.29, 1.82) is 0 Å². The molecular formula is C18H27N3O5. The van der Waals surface area contributed by atoms with Gasteiger partial charge in [0.05, 0.1) is 13.3 Å². The van der Waals surface area contributed by atoms with E-state index in [4.69, 9.17) is 9.47 Å². The lowest BCUT2D eigenvalue weighted by Crippen LogP contribution is -2.45. The van der Waals surface area contributed by atoms with Crippen molar-refractivity contribution in [2.75, 3.05) is 7.11 Å². The molecule has 2 N–H and O–H groups in total. The van der Waals surface area contributed by atoms with E-state index in [2.05, 4.69) is 15.8 Å². The Morgan fingerprint density at radius 2 is 1.85 bits per heavy atom. The summed E-state index contributed by atoms with van der Waals surface area (Å²) < 4.78 is 9.90. The van der Waals surface area contributed by atoms with Gasteiger partial charge in [-0.3, -0.25) is 4.79 Å². The van der Waals surface area contributed by atoms with E-state index < -0.39 is 23.7 Å². The highest BCUT2D eigenvalue weighted by Crippen LogP contribution is 2.10. The van der Waals surface area contributed by atoms with Gasteiger partial charge < -0.3 is 14.8 Å². The molecular weight excluding hydrogens is 338 g/mol. The van der Waals surface area contributed by atoms with Gasteiger partial charge in [-0.15, -0.1) is 0 Å². The number of hydrazone groups is 1. The highest BCUT2D eigenvalue weighted by molar-refractivity contribution is 5.82. The number of rotatable bonds is 7. The van der Waals surface area contributed by atoms with Crippen molar-refractivity contribution in [3.05, 3.63) is 35.4 Å². The number of alkyl carbamates (subject to hydrolysis) is 1. The zero-order valence-corrected chi connectivity index (χ0v) is 14.7. The standard InChI is InChI=1S/C17H23N3O5.CH4/c1-17(2,3)25-16(23)20-14(15(22)24-4)9-12-5-7-13(8-6-12)10-18-19-11-21;/h5-8,10-11,14H,9H2,1-4H3,(H,19,21)(H,20,23);1H4/b18-10+;. The molecule has 8 heteroatoms. The van der Waals surface area contributed by atoms with Gasteiger partial charge in [0.2, 0.25) is 6.41 Å². The fourth-order valence-electron chi connectivity index (χ4n) is 1.90. The van der Waals surface area contributed by atoms with E-state index in [1.54, 1.807) is 45.0 Å². The largest absolute Gasteiger partial charge is 0.467 e. The Labute approximate surface area is 153 Å². The normalized spacial score (nSPS) is 11.8. The third-order valence-corrected chi connectivity index (χ3v) is 2.94. The van der Waals surface area contributed by atoms with Gasteiger partial charge in [0, 0.05) is 6.42 Å². The van der Waals surface area contributed by atoms with Crippen LogP contribution in [0.2, 0.25) is 0 Å². The summed E-state index contributed by atoms with van der Waals surface area (Å²) in [5.74, 6) is -0.563. The quantitative estimate of drug-likeness (QED) is 0.333. The number of nitrogens with zero attached hydrogens (tertiary/aromatic N) is 1. The van der Waals surface area contributed by atoms with Crippen LogP contribution >= 0.6 is 0 Å². The van der Waals surface area contributed by atoms with Crippen molar-refractivity contribution in [3.63, 3.8) is 0 Å². The maximum absolute atomic E-state index is 11.9. The molecule has 8 nitrogen and oxygen atoms in total. The number of carbonyl (C=O) groups excluding carboxylic acids is 3. The minimum atomic E-state index is -0.865. The van der Waals surface area contributed by atoms with Crippen molar-refractivity contribution in [3.8, 4) is 0 Å². The van der Waals surface area contributed by atoms with Crippen LogP contribution in [0.15, 0.2) is 29.4 Å². The summed E-state index contributed by atoms with van der Waals surface area (Å²) in [7, 11) is 1.26. The number of amides is 2. The summed E-state index contributed by atoms with van der Waals surface area (Å²) >= 11 is 0. The van der Waals surface area contributed by atoms with E-state index in [1.165, 1.54) is 13.3 Å². The Kier molecular flexibility index (Phi) is 9.65. The molecule has 0 aliphatic rings. The van der Waals surface area contributed by atoms with Crippen LogP contribution in [0.5, 0.6) is 0 Å². The number of hydrogen-bond acceptors (Lipinski definition) is 6. The highest BCUT2D eigenvalue weighted by Gasteiger charge is 2.25. The molecule has 0 saturated heterocycles. The monoisotopic (exact) mass is 365 g/mol. The number of hydrogen-bond donors (Lipinski definition) is 2. The second kappa shape index (κ2) is 10.9. The zero-order chi connectivity index (χ0) is 18.9. The molecule has 0 heterocycles. The van der Waals surface area contributed by atoms with Crippen molar-refractivity contribution < 1.29 is 23.9 Å². The first-order valence-corrected chi connectivity index (χ1v) is 7.63. The SMILES string of the molecule is C.COC(=O)C(Cc1ccc(/C=N/NC=O)cc1)NC(=O)OC(C)(C)C. The molecule has 1 unspecified atom stereocenters. The smallest absolute Gasteiger partial charge is 0.408 e. The third-order valence-electron chi connectivity index (χ3n) is 2.94. The minimum Gasteiger partial charge on any atom is -0.467 e. The van der Waals surface area contributed by atoms with E-state index in [0.717, 1.165) is 11.1 Å². The maximum Gasteiger partial charge on any atom is 0.408 e. The fourth-order valence-corrected chi connectivity index (χ4v) is 1.90. The molecule has 0 saturated carbocycles. The van der Waals surface area contributed by atoms with Crippen LogP contribution in [0, 0.1) is 0 Å². The lowest BCUT2D eigenvalue weighted by molar-refractivity contribution is -0.143. The first-order chi connectivity index (χ1) is 11.7. The van der Waals surface area contributed by atoms with Gasteiger partial charge in [-0.1, -0.05) is 31.7 Å². The van der Waals surface area contributed by atoms with Gasteiger partial charge >= 0.3 is 12.1 Å². The predicted molar refractivity (Wildman–Crippen MR) is 98.8 cm³/mol. The number of esters is 1. The molecule has 0 fully saturated rings. The Morgan fingerprint density at radius 3 is 2.35 bits per heavy atom. The first-order valence-electron chi connectivity index (χ1n) is 7.63. The molecule has 0 spiro atoms. The van der Waals surface area contributed by atoms with E-state index in [9.17, 15) is 14.4 Å². The van der Waals surface area contributed by atoms with Gasteiger partial charge in [-0.25, -0.2) is 15.0 Å². The number of carbonyl (C=O) groups is 3. The summed E-state index contributed by atoms with van der Waals surface area (Å²) in [5.41, 5.74) is 3.09. The fraction of sp³-hybridized carbons (Fsp3) is 0.444. The van der Waals surface area contributed by atoms with Crippen LogP contribution in [0.3, 0.4) is 0 Å². The highest BCUT2D eigenvalue weighted by atomic mass is 16.6. The van der Waals surface area contributed by atoms with Gasteiger partial charge in [-0.05, 0) is 31.9 Å². The first kappa shape index (κ1) is 23.1. The van der Waals surface area contributed by atoms with Crippen molar-refractivity contribution in [2.24, 2.45) is 5.10 Å². The van der Waals surface area contributed by atoms with E-state index in [1.807, 2.05) is 0 Å². The topological polar surface area (TPSA) is 106 Å². The Hall–Kier alpha value is -2.90. The van der Waals surface area contributed by atoms with Crippen LogP contribution in [-0.4, -0.2) is 43.4 Å². The van der Waals surface area contributed by atoms with Crippen LogP contribution in [0.4, 0.5) is 4.79 Å². The molecule has 0 aromatic heterocycles. The van der Waals surface area contributed by atoms with E-state index in [-0.39, 0.29) is 13.8 Å². The van der Waals surface area contributed by atoms with Crippen molar-refractivity contribution in [1.82, 2.24) is 10.7 Å². The minimum absolute atomic E-state index is 0. The summed E-state index contributed by atoms with van der Waals surface area (Å²) in [6, 6.07) is 6.25. The van der Waals surface area contributed by atoms with Gasteiger partial charge in [0.1, 0.15) is 11.6 Å². The van der Waals surface area contributed by atoms with Crippen LogP contribution in [0.1, 0.15) is 39.3 Å². The zero-order valence-electron chi connectivity index (χ0n) is 14.7. The average molecular weight is 365 g/mol. The summed E-state index contributed by atoms with van der Waals surface area (Å²) in [6.07, 6.45) is 1.51. The molecule has 144 valence electrons. The Bertz CT molecular complexity index is 621. The third kappa shape index (κ3) is 8.81. The second-order valence-corrected chi connectivity index (χ2v) is 6.17. The van der Waals surface area contributed by atoms with Crippen LogP contribution in [-0.2, 0) is 25.5 Å². The molecule has 2 amide bonds. The Balaban J connectivity index is 0.00000625. The second-order valence-electron chi connectivity index (χ2n) is 6.17. The molecule has 0 radical (unpaired) electrons. The summed E-state index contributed by atoms with van der Waals surface area (Å²) in [4.78, 5) is 33.9. The maximum atomic E-state index is 11.9. The van der Waals surface area contributed by atoms with Gasteiger partial charge in [0.25, 0.3) is 0 Å². The number of methoxy groups -OCH3 is 1. The molecule has 0 aliphatic heterocycles. The molecule has 1 aromatic rings. The van der Waals surface area contributed by atoms with Crippen LogP contribution in [0.25, 0.3) is 0 Å². The number of ether oxygens (including phenoxy) is 2. The van der Waals surface area contributed by atoms with Crippen molar-refractivity contribution in [2.45, 2.75) is 46.3 Å². The summed E-state index contributed by atoms with van der Waals surface area (Å²) in [6.45, 7) is 5.21. The average Bonchev–Trinajstić information content (AvgIpc) is 2.53. The molecule has 1 rings (SSSR count). The lowest BCUT2D eigenvalue weighted by atomic mass is 10.0. The molecule has 0 bridgehead atoms. The number of benzene rings is 1. The summed E-state index contributed by atoms with van der Waals surface area (Å²) in [5, 5.41) is 6.19. The van der Waals surface area contributed by atoms with E-state index in [0.29, 0.717) is 6.41 Å². The molecule has 26 heavy (non-hydrogen) atoms. The lowest BCUT2D eigenvalue weighted by Gasteiger charge is -2.22.